The minimum atomic E-state index is -1.06. The van der Waals surface area contributed by atoms with Crippen LogP contribution in [0.1, 0.15) is 19.4 Å². The molecule has 0 radical (unpaired) electrons. The summed E-state index contributed by atoms with van der Waals surface area (Å²) >= 11 is 0. The monoisotopic (exact) mass is 293 g/mol. The second-order valence-electron chi connectivity index (χ2n) is 4.23. The van der Waals surface area contributed by atoms with Gasteiger partial charge in [0.1, 0.15) is 11.5 Å². The van der Waals surface area contributed by atoms with Crippen molar-refractivity contribution in [2.45, 2.75) is 20.0 Å². The Morgan fingerprint density at radius 2 is 2.14 bits per heavy atom. The van der Waals surface area contributed by atoms with E-state index in [1.54, 1.807) is 25.1 Å². The number of carboxylic acid groups (broad SMARTS) is 1. The van der Waals surface area contributed by atoms with E-state index in [0.29, 0.717) is 23.6 Å². The zero-order valence-corrected chi connectivity index (χ0v) is 12.3. The number of hydrogen-bond donors (Lipinski definition) is 2. The number of ether oxygens (including phenoxy) is 2. The molecule has 0 fully saturated rings. The number of carboxylic acids is 1. The molecule has 0 aliphatic rings. The van der Waals surface area contributed by atoms with E-state index < -0.39 is 12.1 Å². The molecular weight excluding hydrogens is 274 g/mol. The molecule has 0 aromatic heterocycles. The van der Waals surface area contributed by atoms with Gasteiger partial charge in [0.2, 0.25) is 0 Å². The fourth-order valence-corrected chi connectivity index (χ4v) is 1.60. The van der Waals surface area contributed by atoms with E-state index in [1.165, 1.54) is 13.2 Å². The fourth-order valence-electron chi connectivity index (χ4n) is 1.60. The number of amides is 1. The Bertz CT molecular complexity index is 539. The van der Waals surface area contributed by atoms with Gasteiger partial charge in [0.25, 0.3) is 5.91 Å². The summed E-state index contributed by atoms with van der Waals surface area (Å²) in [5.41, 5.74) is 0.550. The number of methoxy groups -OCH3 is 1. The summed E-state index contributed by atoms with van der Waals surface area (Å²) in [5.74, 6) is -0.367. The SMILES string of the molecule is CCNC(=O)C(C)Oc1cc(OC)ccc1/C=C/C(=O)O. The summed E-state index contributed by atoms with van der Waals surface area (Å²) in [6.45, 7) is 3.95. The fraction of sp³-hybridized carbons (Fsp3) is 0.333. The van der Waals surface area contributed by atoms with E-state index in [2.05, 4.69) is 5.32 Å². The largest absolute Gasteiger partial charge is 0.497 e. The molecule has 2 N–H and O–H groups in total. The molecule has 0 spiro atoms. The van der Waals surface area contributed by atoms with Gasteiger partial charge in [-0.2, -0.15) is 0 Å². The third-order valence-corrected chi connectivity index (χ3v) is 2.65. The smallest absolute Gasteiger partial charge is 0.328 e. The molecule has 114 valence electrons. The van der Waals surface area contributed by atoms with Crippen molar-refractivity contribution < 1.29 is 24.2 Å². The van der Waals surface area contributed by atoms with Gasteiger partial charge >= 0.3 is 5.97 Å². The van der Waals surface area contributed by atoms with Crippen molar-refractivity contribution in [2.75, 3.05) is 13.7 Å². The molecule has 1 aromatic carbocycles. The van der Waals surface area contributed by atoms with Crippen molar-refractivity contribution in [3.8, 4) is 11.5 Å². The molecule has 1 unspecified atom stereocenters. The summed E-state index contributed by atoms with van der Waals surface area (Å²) in [6, 6.07) is 4.96. The van der Waals surface area contributed by atoms with Gasteiger partial charge in [-0.1, -0.05) is 0 Å². The van der Waals surface area contributed by atoms with Crippen LogP contribution in [-0.4, -0.2) is 36.7 Å². The molecule has 0 aliphatic carbocycles. The number of likely N-dealkylation sites (N-methyl/N-ethyl adjacent to an activating group) is 1. The highest BCUT2D eigenvalue weighted by Gasteiger charge is 2.15. The number of nitrogens with one attached hydrogen (secondary N) is 1. The predicted octanol–water partition coefficient (Wildman–Crippen LogP) is 1.70. The molecule has 6 nitrogen and oxygen atoms in total. The van der Waals surface area contributed by atoms with Crippen molar-refractivity contribution >= 4 is 18.0 Å². The van der Waals surface area contributed by atoms with Gasteiger partial charge in [0, 0.05) is 24.3 Å². The highest BCUT2D eigenvalue weighted by Crippen LogP contribution is 2.27. The Labute approximate surface area is 123 Å². The lowest BCUT2D eigenvalue weighted by Gasteiger charge is -2.16. The first-order valence-corrected chi connectivity index (χ1v) is 6.51. The van der Waals surface area contributed by atoms with Crippen LogP contribution in [0.15, 0.2) is 24.3 Å². The quantitative estimate of drug-likeness (QED) is 0.747. The van der Waals surface area contributed by atoms with Crippen molar-refractivity contribution in [1.29, 1.82) is 0 Å². The molecule has 0 bridgehead atoms. The van der Waals surface area contributed by atoms with Crippen molar-refractivity contribution in [3.63, 3.8) is 0 Å². The Morgan fingerprint density at radius 3 is 2.71 bits per heavy atom. The van der Waals surface area contributed by atoms with Crippen LogP contribution in [0.25, 0.3) is 6.08 Å². The number of carbonyl (C=O) groups excluding carboxylic acids is 1. The number of carbonyl (C=O) groups is 2. The average molecular weight is 293 g/mol. The topological polar surface area (TPSA) is 84.9 Å². The van der Waals surface area contributed by atoms with Gasteiger partial charge in [0.15, 0.2) is 6.10 Å². The number of aliphatic carboxylic acids is 1. The van der Waals surface area contributed by atoms with Crippen LogP contribution in [0.3, 0.4) is 0 Å². The molecule has 0 aliphatic heterocycles. The lowest BCUT2D eigenvalue weighted by Crippen LogP contribution is -2.36. The van der Waals surface area contributed by atoms with Crippen LogP contribution < -0.4 is 14.8 Å². The molecular formula is C15H19NO5. The third-order valence-electron chi connectivity index (χ3n) is 2.65. The summed E-state index contributed by atoms with van der Waals surface area (Å²) in [5, 5.41) is 11.3. The van der Waals surface area contributed by atoms with Crippen molar-refractivity contribution in [2.24, 2.45) is 0 Å². The van der Waals surface area contributed by atoms with Crippen molar-refractivity contribution in [1.82, 2.24) is 5.32 Å². The van der Waals surface area contributed by atoms with Crippen LogP contribution in [0.4, 0.5) is 0 Å². The van der Waals surface area contributed by atoms with E-state index in [9.17, 15) is 9.59 Å². The predicted molar refractivity (Wildman–Crippen MR) is 78.4 cm³/mol. The maximum absolute atomic E-state index is 11.7. The Morgan fingerprint density at radius 1 is 1.43 bits per heavy atom. The van der Waals surface area contributed by atoms with Crippen LogP contribution in [0, 0.1) is 0 Å². The second kappa shape index (κ2) is 7.94. The zero-order valence-electron chi connectivity index (χ0n) is 12.3. The van der Waals surface area contributed by atoms with Gasteiger partial charge in [-0.05, 0) is 32.1 Å². The van der Waals surface area contributed by atoms with E-state index in [4.69, 9.17) is 14.6 Å². The van der Waals surface area contributed by atoms with Crippen LogP contribution in [-0.2, 0) is 9.59 Å². The standard InChI is InChI=1S/C15H19NO5/c1-4-16-15(19)10(2)21-13-9-12(20-3)7-5-11(13)6-8-14(17)18/h5-10H,4H2,1-3H3,(H,16,19)(H,17,18)/b8-6+. The van der Waals surface area contributed by atoms with Gasteiger partial charge in [0.05, 0.1) is 7.11 Å². The molecule has 1 amide bonds. The molecule has 0 saturated heterocycles. The Balaban J connectivity index is 3.01. The lowest BCUT2D eigenvalue weighted by molar-refractivity contribution is -0.131. The summed E-state index contributed by atoms with van der Waals surface area (Å²) in [6.07, 6.45) is 1.71. The van der Waals surface area contributed by atoms with Gasteiger partial charge in [-0.3, -0.25) is 4.79 Å². The van der Waals surface area contributed by atoms with E-state index >= 15 is 0 Å². The summed E-state index contributed by atoms with van der Waals surface area (Å²) < 4.78 is 10.7. The summed E-state index contributed by atoms with van der Waals surface area (Å²) in [7, 11) is 1.51. The summed E-state index contributed by atoms with van der Waals surface area (Å²) in [4.78, 5) is 22.3. The molecule has 1 rings (SSSR count). The van der Waals surface area contributed by atoms with Crippen LogP contribution in [0.5, 0.6) is 11.5 Å². The van der Waals surface area contributed by atoms with Gasteiger partial charge < -0.3 is 19.9 Å². The number of rotatable bonds is 7. The Kier molecular flexibility index (Phi) is 6.26. The molecule has 1 atom stereocenters. The highest BCUT2D eigenvalue weighted by atomic mass is 16.5. The molecule has 6 heteroatoms. The molecule has 0 heterocycles. The molecule has 0 saturated carbocycles. The third kappa shape index (κ3) is 5.18. The van der Waals surface area contributed by atoms with E-state index in [-0.39, 0.29) is 5.91 Å². The van der Waals surface area contributed by atoms with Gasteiger partial charge in [-0.15, -0.1) is 0 Å². The van der Waals surface area contributed by atoms with Crippen LogP contribution >= 0.6 is 0 Å². The maximum Gasteiger partial charge on any atom is 0.328 e. The van der Waals surface area contributed by atoms with Crippen LogP contribution in [0.2, 0.25) is 0 Å². The first kappa shape index (κ1) is 16.6. The van der Waals surface area contributed by atoms with E-state index in [1.807, 2.05) is 6.92 Å². The van der Waals surface area contributed by atoms with Crippen molar-refractivity contribution in [3.05, 3.63) is 29.8 Å². The first-order chi connectivity index (χ1) is 9.97. The molecule has 21 heavy (non-hydrogen) atoms. The maximum atomic E-state index is 11.7. The number of hydrogen-bond acceptors (Lipinski definition) is 4. The first-order valence-electron chi connectivity index (χ1n) is 6.51. The molecule has 1 aromatic rings. The average Bonchev–Trinajstić information content (AvgIpc) is 2.45. The van der Waals surface area contributed by atoms with Gasteiger partial charge in [-0.25, -0.2) is 4.79 Å². The van der Waals surface area contributed by atoms with E-state index in [0.717, 1.165) is 6.08 Å². The minimum absolute atomic E-state index is 0.242. The Hall–Kier alpha value is -2.50. The highest BCUT2D eigenvalue weighted by molar-refractivity contribution is 5.86. The lowest BCUT2D eigenvalue weighted by atomic mass is 10.1. The zero-order chi connectivity index (χ0) is 15.8. The second-order valence-corrected chi connectivity index (χ2v) is 4.23. The number of benzene rings is 1. The normalized spacial score (nSPS) is 12.0. The minimum Gasteiger partial charge on any atom is -0.497 e.